The third-order valence-electron chi connectivity index (χ3n) is 14.0. The van der Waals surface area contributed by atoms with E-state index in [-0.39, 0.29) is 31.1 Å². The number of cyclic esters (lactones) is 1. The maximum atomic E-state index is 14.9. The molecule has 3 saturated heterocycles. The van der Waals surface area contributed by atoms with Gasteiger partial charge in [-0.25, -0.2) is 9.78 Å². The first-order chi connectivity index (χ1) is 30.8. The molecule has 0 saturated carbocycles. The van der Waals surface area contributed by atoms with Gasteiger partial charge in [0.05, 0.1) is 41.9 Å². The highest BCUT2D eigenvalue weighted by atomic mass is 16.7. The van der Waals surface area contributed by atoms with Crippen LogP contribution >= 0.6 is 0 Å². The number of pyridine rings is 1. The summed E-state index contributed by atoms with van der Waals surface area (Å²) in [6, 6.07) is 11.0. The monoisotopic (exact) mass is 901 g/mol. The molecule has 0 aliphatic carbocycles. The SMILES string of the molecule is CC[C@H]1OC(=O)[C@H](C)C(=O)[C@H](C)[C@@H](O[C@@H]2O[C@H](C)C[C@H](N(C)C(=O)c3ccccc3)[C@H]2O)[C@](C)(OC)C[C@@H](C)C(=O)[C@H](C)[C@H]2N(CCCCn3cnc(-c4cccnc4)c3)C(=O)O[C@]12C. The lowest BCUT2D eigenvalue weighted by Gasteiger charge is -2.47. The Bertz CT molecular complexity index is 2140. The number of aryl methyl sites for hydroxylation is 1. The Morgan fingerprint density at radius 1 is 0.969 bits per heavy atom. The fourth-order valence-electron chi connectivity index (χ4n) is 10.2. The third kappa shape index (κ3) is 10.4. The molecule has 16 nitrogen and oxygen atoms in total. The second-order valence-corrected chi connectivity index (χ2v) is 18.6. The number of amides is 2. The predicted molar refractivity (Wildman–Crippen MR) is 239 cm³/mol. The largest absolute Gasteiger partial charge is 0.458 e. The standard InChI is InChI=1S/C49H67N5O11/c1-11-38-49(8)42(54(47(60)65-49)23-16-15-22-53-27-36(51-28-53)35-20-17-21-50-26-35)31(4)39(55)29(2)25-48(7,61-10)43(32(5)40(56)33(6)45(59)63-38)64-46-41(57)37(24-30(3)62-46)52(9)44(58)34-18-13-12-14-19-34/h12-14,17-21,26-33,37-38,41-43,46,57H,11,15-16,22-25H2,1-10H3/t29-,30-,31+,32+,33-,37+,38-,41-,42-,43-,46+,48-,49-/m1/s1. The van der Waals surface area contributed by atoms with E-state index in [4.69, 9.17) is 23.7 Å². The second-order valence-electron chi connectivity index (χ2n) is 18.6. The summed E-state index contributed by atoms with van der Waals surface area (Å²) in [5, 5.41) is 11.9. The van der Waals surface area contributed by atoms with Crippen LogP contribution in [-0.2, 0) is 44.6 Å². The molecule has 13 atom stereocenters. The van der Waals surface area contributed by atoms with Crippen molar-refractivity contribution in [1.29, 1.82) is 0 Å². The molecular formula is C49H67N5O11. The molecule has 3 fully saturated rings. The lowest BCUT2D eigenvalue weighted by molar-refractivity contribution is -0.294. The lowest BCUT2D eigenvalue weighted by atomic mass is 9.73. The van der Waals surface area contributed by atoms with Crippen molar-refractivity contribution in [3.05, 3.63) is 72.9 Å². The summed E-state index contributed by atoms with van der Waals surface area (Å²) in [5.41, 5.74) is -0.653. The van der Waals surface area contributed by atoms with Crippen molar-refractivity contribution in [2.45, 2.75) is 148 Å². The Labute approximate surface area is 382 Å². The highest BCUT2D eigenvalue weighted by Gasteiger charge is 2.60. The number of hydrogen-bond donors (Lipinski definition) is 1. The van der Waals surface area contributed by atoms with E-state index >= 15 is 0 Å². The van der Waals surface area contributed by atoms with Crippen LogP contribution in [0.1, 0.15) is 97.9 Å². The van der Waals surface area contributed by atoms with Crippen LogP contribution in [0.3, 0.4) is 0 Å². The number of esters is 1. The van der Waals surface area contributed by atoms with E-state index in [0.717, 1.165) is 11.3 Å². The fourth-order valence-corrected chi connectivity index (χ4v) is 10.2. The Morgan fingerprint density at radius 2 is 1.68 bits per heavy atom. The van der Waals surface area contributed by atoms with Gasteiger partial charge in [0, 0.05) is 74.7 Å². The Balaban J connectivity index is 1.27. The van der Waals surface area contributed by atoms with Gasteiger partial charge in [-0.05, 0) is 84.1 Å². The summed E-state index contributed by atoms with van der Waals surface area (Å²) in [6.45, 7) is 14.6. The van der Waals surface area contributed by atoms with E-state index < -0.39 is 95.5 Å². The molecule has 0 radical (unpaired) electrons. The number of aromatic nitrogens is 3. The number of benzene rings is 1. The molecule has 0 spiro atoms. The maximum absolute atomic E-state index is 14.9. The summed E-state index contributed by atoms with van der Waals surface area (Å²) in [5.74, 6) is -5.67. The van der Waals surface area contributed by atoms with Gasteiger partial charge in [0.1, 0.15) is 23.9 Å². The summed E-state index contributed by atoms with van der Waals surface area (Å²) in [7, 11) is 3.08. The highest BCUT2D eigenvalue weighted by molar-refractivity contribution is 6.00. The minimum Gasteiger partial charge on any atom is -0.458 e. The van der Waals surface area contributed by atoms with Crippen LogP contribution < -0.4 is 0 Å². The van der Waals surface area contributed by atoms with E-state index in [1.54, 1.807) is 96.5 Å². The summed E-state index contributed by atoms with van der Waals surface area (Å²) in [4.78, 5) is 82.7. The highest BCUT2D eigenvalue weighted by Crippen LogP contribution is 2.43. The molecule has 65 heavy (non-hydrogen) atoms. The zero-order valence-corrected chi connectivity index (χ0v) is 39.4. The summed E-state index contributed by atoms with van der Waals surface area (Å²) in [6.07, 6.45) is 3.11. The lowest BCUT2D eigenvalue weighted by Crippen LogP contribution is -2.61. The average molecular weight is 902 g/mol. The molecule has 3 aliphatic rings. The topological polar surface area (TPSA) is 189 Å². The first-order valence-corrected chi connectivity index (χ1v) is 22.9. The molecule has 1 aromatic carbocycles. The number of ether oxygens (including phenoxy) is 5. The molecule has 3 aliphatic heterocycles. The number of nitrogens with zero attached hydrogens (tertiary/aromatic N) is 5. The number of likely N-dealkylation sites (N-methyl/N-ethyl adjacent to an activating group) is 1. The molecule has 5 heterocycles. The van der Waals surface area contributed by atoms with Gasteiger partial charge in [-0.3, -0.25) is 24.2 Å². The molecule has 0 bridgehead atoms. The molecule has 3 aromatic rings. The number of carbonyl (C=O) groups is 5. The zero-order chi connectivity index (χ0) is 47.4. The van der Waals surface area contributed by atoms with E-state index in [9.17, 15) is 29.1 Å². The van der Waals surface area contributed by atoms with E-state index in [1.807, 2.05) is 35.9 Å². The molecule has 1 N–H and O–H groups in total. The fraction of sp³-hybridized carbons (Fsp3) is 0.612. The molecule has 354 valence electrons. The number of fused-ring (bicyclic) bond motifs is 1. The number of aliphatic hydroxyl groups excluding tert-OH is 1. The van der Waals surface area contributed by atoms with Gasteiger partial charge >= 0.3 is 12.1 Å². The van der Waals surface area contributed by atoms with Gasteiger partial charge < -0.3 is 43.2 Å². The first-order valence-electron chi connectivity index (χ1n) is 22.9. The Morgan fingerprint density at radius 3 is 2.34 bits per heavy atom. The molecular weight excluding hydrogens is 835 g/mol. The second kappa shape index (κ2) is 20.6. The number of carbonyl (C=O) groups excluding carboxylic acids is 5. The first kappa shape index (κ1) is 49.4. The molecule has 6 rings (SSSR count). The molecule has 2 aromatic heterocycles. The van der Waals surface area contributed by atoms with Crippen LogP contribution in [0.25, 0.3) is 11.3 Å². The van der Waals surface area contributed by atoms with E-state index in [0.29, 0.717) is 31.4 Å². The number of Topliss-reactive ketones (excluding diaryl/α,β-unsaturated/α-hetero) is 2. The number of hydrogen-bond acceptors (Lipinski definition) is 13. The van der Waals surface area contributed by atoms with Crippen LogP contribution in [0, 0.1) is 23.7 Å². The van der Waals surface area contributed by atoms with Crippen LogP contribution in [0.4, 0.5) is 4.79 Å². The van der Waals surface area contributed by atoms with Crippen LogP contribution in [0.5, 0.6) is 0 Å². The third-order valence-corrected chi connectivity index (χ3v) is 14.0. The van der Waals surface area contributed by atoms with E-state index in [2.05, 4.69) is 9.97 Å². The number of rotatable bonds is 12. The van der Waals surface area contributed by atoms with Crippen molar-refractivity contribution >= 4 is 29.5 Å². The number of unbranched alkanes of at least 4 members (excludes halogenated alkanes) is 1. The Kier molecular flexibility index (Phi) is 15.7. The molecule has 16 heteroatoms. The maximum Gasteiger partial charge on any atom is 0.410 e. The average Bonchev–Trinajstić information content (AvgIpc) is 3.89. The van der Waals surface area contributed by atoms with Gasteiger partial charge in [0.25, 0.3) is 5.91 Å². The number of ketones is 2. The van der Waals surface area contributed by atoms with Crippen molar-refractivity contribution < 1.29 is 52.8 Å². The van der Waals surface area contributed by atoms with Crippen molar-refractivity contribution in [3.8, 4) is 11.3 Å². The summed E-state index contributed by atoms with van der Waals surface area (Å²) >= 11 is 0. The van der Waals surface area contributed by atoms with Crippen molar-refractivity contribution in [2.24, 2.45) is 23.7 Å². The van der Waals surface area contributed by atoms with Crippen molar-refractivity contribution in [3.63, 3.8) is 0 Å². The van der Waals surface area contributed by atoms with Gasteiger partial charge in [0.2, 0.25) is 0 Å². The van der Waals surface area contributed by atoms with Gasteiger partial charge in [-0.2, -0.15) is 0 Å². The quantitative estimate of drug-likeness (QED) is 0.124. The Hall–Kier alpha value is -5.03. The molecule has 0 unspecified atom stereocenters. The normalized spacial score (nSPS) is 33.8. The predicted octanol–water partition coefficient (Wildman–Crippen LogP) is 6.14. The number of aliphatic hydroxyl groups is 1. The number of imidazole rings is 1. The van der Waals surface area contributed by atoms with Crippen molar-refractivity contribution in [1.82, 2.24) is 24.3 Å². The van der Waals surface area contributed by atoms with E-state index in [1.165, 1.54) is 18.9 Å². The van der Waals surface area contributed by atoms with Gasteiger partial charge in [-0.15, -0.1) is 0 Å². The summed E-state index contributed by atoms with van der Waals surface area (Å²) < 4.78 is 33.4. The molecule has 2 amide bonds. The van der Waals surface area contributed by atoms with Crippen LogP contribution in [-0.4, -0.2) is 134 Å². The van der Waals surface area contributed by atoms with Crippen LogP contribution in [0.15, 0.2) is 67.4 Å². The minimum absolute atomic E-state index is 0.0589. The zero-order valence-electron chi connectivity index (χ0n) is 39.4. The minimum atomic E-state index is -1.44. The number of methoxy groups -OCH3 is 1. The van der Waals surface area contributed by atoms with Gasteiger partial charge in [0.15, 0.2) is 17.7 Å². The smallest absolute Gasteiger partial charge is 0.410 e. The van der Waals surface area contributed by atoms with Crippen LogP contribution in [0.2, 0.25) is 0 Å². The van der Waals surface area contributed by atoms with Crippen molar-refractivity contribution in [2.75, 3.05) is 20.7 Å². The van der Waals surface area contributed by atoms with Gasteiger partial charge in [-0.1, -0.05) is 45.9 Å².